The minimum Gasteiger partial charge on any atom is -0.339 e. The van der Waals surface area contributed by atoms with Gasteiger partial charge in [0.1, 0.15) is 5.15 Å². The van der Waals surface area contributed by atoms with Crippen molar-refractivity contribution in [1.82, 2.24) is 4.98 Å². The van der Waals surface area contributed by atoms with E-state index in [1.165, 1.54) is 0 Å². The van der Waals surface area contributed by atoms with Crippen LogP contribution < -0.4 is 5.32 Å². The van der Waals surface area contributed by atoms with Gasteiger partial charge < -0.3 is 5.32 Å². The van der Waals surface area contributed by atoms with Crippen molar-refractivity contribution in [3.63, 3.8) is 0 Å². The van der Waals surface area contributed by atoms with Crippen molar-refractivity contribution in [3.8, 4) is 0 Å². The number of benzene rings is 1. The molecule has 1 N–H and O–H groups in total. The van der Waals surface area contributed by atoms with Gasteiger partial charge in [0.2, 0.25) is 0 Å². The Balaban J connectivity index is 2.33. The van der Waals surface area contributed by atoms with Crippen molar-refractivity contribution >= 4 is 46.3 Å². The summed E-state index contributed by atoms with van der Waals surface area (Å²) >= 11 is 17.7. The number of nitrogens with zero attached hydrogens (tertiary/aromatic N) is 1. The molecule has 0 fully saturated rings. The number of nitrogens with one attached hydrogen (secondary N) is 1. The Hall–Kier alpha value is -0.960. The maximum Gasteiger partial charge on any atom is 0.151 e. The Morgan fingerprint density at radius 1 is 1.06 bits per heavy atom. The minimum atomic E-state index is 0.228. The summed E-state index contributed by atoms with van der Waals surface area (Å²) in [5.41, 5.74) is 2.05. The molecule has 0 unspecified atom stereocenters. The van der Waals surface area contributed by atoms with Crippen LogP contribution in [0.2, 0.25) is 15.2 Å². The summed E-state index contributed by atoms with van der Waals surface area (Å²) in [7, 11) is 0. The van der Waals surface area contributed by atoms with Crippen LogP contribution in [0.5, 0.6) is 0 Å². The quantitative estimate of drug-likeness (QED) is 0.778. The van der Waals surface area contributed by atoms with Gasteiger partial charge in [-0.2, -0.15) is 0 Å². The van der Waals surface area contributed by atoms with Crippen LogP contribution in [0.4, 0.5) is 11.5 Å². The lowest BCUT2D eigenvalue weighted by Gasteiger charge is -2.09. The molecule has 0 aliphatic rings. The predicted molar refractivity (Wildman–Crippen MR) is 73.7 cm³/mol. The fourth-order valence-electron chi connectivity index (χ4n) is 1.39. The predicted octanol–water partition coefficient (Wildman–Crippen LogP) is 5.09. The largest absolute Gasteiger partial charge is 0.339 e. The number of hydrogen-bond donors (Lipinski definition) is 1. The van der Waals surface area contributed by atoms with E-state index in [1.807, 2.05) is 31.2 Å². The number of rotatable bonds is 2. The van der Waals surface area contributed by atoms with Gasteiger partial charge >= 0.3 is 0 Å². The van der Waals surface area contributed by atoms with Crippen molar-refractivity contribution in [3.05, 3.63) is 51.1 Å². The van der Waals surface area contributed by atoms with Gasteiger partial charge in [-0.1, -0.05) is 46.9 Å². The third-order valence-electron chi connectivity index (χ3n) is 2.17. The molecule has 5 heteroatoms. The molecule has 0 bridgehead atoms. The standard InChI is InChI=1S/C12H9Cl3N2/c1-7-3-2-4-8(5-7)16-12-10(14)6-9(13)11(15)17-12/h2-6H,1H3,(H,16,17). The summed E-state index contributed by atoms with van der Waals surface area (Å²) in [6, 6.07) is 9.43. The lowest BCUT2D eigenvalue weighted by molar-refractivity contribution is 1.30. The van der Waals surface area contributed by atoms with Gasteiger partial charge in [0.05, 0.1) is 10.0 Å². The van der Waals surface area contributed by atoms with Crippen LogP contribution in [0.15, 0.2) is 30.3 Å². The van der Waals surface area contributed by atoms with Crippen LogP contribution in [0.1, 0.15) is 5.56 Å². The number of aromatic nitrogens is 1. The highest BCUT2D eigenvalue weighted by Gasteiger charge is 2.07. The van der Waals surface area contributed by atoms with Crippen molar-refractivity contribution in [2.24, 2.45) is 0 Å². The molecule has 0 saturated heterocycles. The van der Waals surface area contributed by atoms with Gasteiger partial charge in [-0.3, -0.25) is 0 Å². The normalized spacial score (nSPS) is 10.4. The van der Waals surface area contributed by atoms with Gasteiger partial charge in [-0.25, -0.2) is 4.98 Å². The van der Waals surface area contributed by atoms with E-state index >= 15 is 0 Å². The molecule has 0 saturated carbocycles. The molecule has 0 radical (unpaired) electrons. The molecule has 0 aliphatic carbocycles. The smallest absolute Gasteiger partial charge is 0.151 e. The SMILES string of the molecule is Cc1cccc(Nc2nc(Cl)c(Cl)cc2Cl)c1. The topological polar surface area (TPSA) is 24.9 Å². The Morgan fingerprint density at radius 3 is 2.53 bits per heavy atom. The van der Waals surface area contributed by atoms with E-state index in [0.29, 0.717) is 15.9 Å². The lowest BCUT2D eigenvalue weighted by atomic mass is 10.2. The Morgan fingerprint density at radius 2 is 1.82 bits per heavy atom. The molecule has 1 aromatic carbocycles. The fraction of sp³-hybridized carbons (Fsp3) is 0.0833. The molecule has 0 aliphatic heterocycles. The zero-order chi connectivity index (χ0) is 12.4. The first-order valence-electron chi connectivity index (χ1n) is 4.91. The zero-order valence-corrected chi connectivity index (χ0v) is 11.2. The second-order valence-electron chi connectivity index (χ2n) is 3.59. The molecule has 1 heterocycles. The number of aryl methyl sites for hydroxylation is 1. The minimum absolute atomic E-state index is 0.228. The lowest BCUT2D eigenvalue weighted by Crippen LogP contribution is -1.95. The van der Waals surface area contributed by atoms with Crippen molar-refractivity contribution in [2.45, 2.75) is 6.92 Å². The van der Waals surface area contributed by atoms with Gasteiger partial charge in [0.15, 0.2) is 5.82 Å². The summed E-state index contributed by atoms with van der Waals surface area (Å²) in [6.07, 6.45) is 0. The van der Waals surface area contributed by atoms with Crippen LogP contribution in [0.3, 0.4) is 0 Å². The van der Waals surface area contributed by atoms with E-state index in [0.717, 1.165) is 11.3 Å². The highest BCUT2D eigenvalue weighted by molar-refractivity contribution is 6.43. The number of hydrogen-bond acceptors (Lipinski definition) is 2. The van der Waals surface area contributed by atoms with E-state index in [4.69, 9.17) is 34.8 Å². The molecule has 1 aromatic heterocycles. The Bertz CT molecular complexity index is 555. The van der Waals surface area contributed by atoms with Gasteiger partial charge in [-0.15, -0.1) is 0 Å². The number of anilines is 2. The summed E-state index contributed by atoms with van der Waals surface area (Å²) in [5, 5.41) is 4.09. The molecule has 88 valence electrons. The molecular formula is C12H9Cl3N2. The first-order valence-corrected chi connectivity index (χ1v) is 6.05. The molecule has 17 heavy (non-hydrogen) atoms. The summed E-state index contributed by atoms with van der Waals surface area (Å²) in [6.45, 7) is 2.01. The summed E-state index contributed by atoms with van der Waals surface area (Å²) in [4.78, 5) is 4.09. The van der Waals surface area contributed by atoms with E-state index in [2.05, 4.69) is 10.3 Å². The maximum absolute atomic E-state index is 6.02. The molecule has 2 nitrogen and oxygen atoms in total. The number of halogens is 3. The average Bonchev–Trinajstić information content (AvgIpc) is 2.26. The van der Waals surface area contributed by atoms with Crippen LogP contribution in [0, 0.1) is 6.92 Å². The van der Waals surface area contributed by atoms with Crippen LogP contribution in [-0.2, 0) is 0 Å². The van der Waals surface area contributed by atoms with Gasteiger partial charge in [0.25, 0.3) is 0 Å². The van der Waals surface area contributed by atoms with Crippen LogP contribution in [-0.4, -0.2) is 4.98 Å². The van der Waals surface area contributed by atoms with E-state index < -0.39 is 0 Å². The Labute approximate surface area is 115 Å². The highest BCUT2D eigenvalue weighted by atomic mass is 35.5. The average molecular weight is 288 g/mol. The molecule has 2 aromatic rings. The van der Waals surface area contributed by atoms with E-state index in [-0.39, 0.29) is 5.15 Å². The van der Waals surface area contributed by atoms with Crippen LogP contribution in [0.25, 0.3) is 0 Å². The zero-order valence-electron chi connectivity index (χ0n) is 8.97. The third-order valence-corrected chi connectivity index (χ3v) is 3.13. The molecule has 2 rings (SSSR count). The first-order chi connectivity index (χ1) is 8.06. The van der Waals surface area contributed by atoms with Crippen LogP contribution >= 0.6 is 34.8 Å². The van der Waals surface area contributed by atoms with E-state index in [1.54, 1.807) is 6.07 Å². The summed E-state index contributed by atoms with van der Waals surface area (Å²) in [5.74, 6) is 0.492. The summed E-state index contributed by atoms with van der Waals surface area (Å²) < 4.78 is 0. The van der Waals surface area contributed by atoms with Gasteiger partial charge in [0, 0.05) is 5.69 Å². The van der Waals surface area contributed by atoms with Crippen molar-refractivity contribution in [1.29, 1.82) is 0 Å². The van der Waals surface area contributed by atoms with E-state index in [9.17, 15) is 0 Å². The van der Waals surface area contributed by atoms with Gasteiger partial charge in [-0.05, 0) is 30.7 Å². The van der Waals surface area contributed by atoms with Crippen molar-refractivity contribution < 1.29 is 0 Å². The highest BCUT2D eigenvalue weighted by Crippen LogP contribution is 2.30. The molecule has 0 atom stereocenters. The third kappa shape index (κ3) is 3.03. The Kier molecular flexibility index (Phi) is 3.77. The maximum atomic E-state index is 6.02. The molecule has 0 amide bonds. The first kappa shape index (κ1) is 12.5. The number of pyridine rings is 1. The fourth-order valence-corrected chi connectivity index (χ4v) is 1.94. The molecule has 0 spiro atoms. The monoisotopic (exact) mass is 286 g/mol. The van der Waals surface area contributed by atoms with Crippen molar-refractivity contribution in [2.75, 3.05) is 5.32 Å². The second kappa shape index (κ2) is 5.13. The molecular weight excluding hydrogens is 279 g/mol. The second-order valence-corrected chi connectivity index (χ2v) is 4.76.